The van der Waals surface area contributed by atoms with Crippen molar-refractivity contribution in [3.8, 4) is 5.75 Å². The Hall–Kier alpha value is -2.07. The molecule has 2 aromatic rings. The molecule has 0 unspecified atom stereocenters. The quantitative estimate of drug-likeness (QED) is 0.766. The van der Waals surface area contributed by atoms with E-state index in [-0.39, 0.29) is 12.1 Å². The molecule has 2 aromatic carbocycles. The number of fused-ring (bicyclic) bond motifs is 1. The smallest absolute Gasteiger partial charge is 0.311 e. The highest BCUT2D eigenvalue weighted by Gasteiger charge is 2.26. The van der Waals surface area contributed by atoms with Gasteiger partial charge >= 0.3 is 5.97 Å². The Morgan fingerprint density at radius 1 is 1.08 bits per heavy atom. The fourth-order valence-electron chi connectivity index (χ4n) is 2.33. The summed E-state index contributed by atoms with van der Waals surface area (Å²) in [6, 6.07) is 14.4. The summed E-state index contributed by atoms with van der Waals surface area (Å²) in [5.74, 6) is 0.587. The highest BCUT2D eigenvalue weighted by atomic mass is 16.6. The van der Waals surface area contributed by atoms with Gasteiger partial charge in [0.15, 0.2) is 0 Å². The molecule has 0 aromatic heterocycles. The molecule has 0 radical (unpaired) electrons. The summed E-state index contributed by atoms with van der Waals surface area (Å²) in [5.41, 5.74) is -0.532. The van der Waals surface area contributed by atoms with Crippen LogP contribution >= 0.6 is 0 Å². The van der Waals surface area contributed by atoms with E-state index < -0.39 is 5.41 Å². The lowest BCUT2D eigenvalue weighted by Gasteiger charge is -2.25. The van der Waals surface area contributed by atoms with Crippen LogP contribution in [0.15, 0.2) is 42.5 Å². The number of carbonyl (C=O) groups excluding carboxylic acids is 1. The van der Waals surface area contributed by atoms with Crippen LogP contribution in [0.3, 0.4) is 0 Å². The Bertz CT molecular complexity index is 698. The Morgan fingerprint density at radius 2 is 1.76 bits per heavy atom. The number of hydrogen-bond donors (Lipinski definition) is 1. The molecular weight excluding hydrogens is 314 g/mol. The molecule has 0 aliphatic heterocycles. The lowest BCUT2D eigenvalue weighted by Crippen LogP contribution is -2.40. The van der Waals surface area contributed by atoms with Gasteiger partial charge in [0.1, 0.15) is 18.5 Å². The van der Waals surface area contributed by atoms with Crippen molar-refractivity contribution in [2.24, 2.45) is 5.41 Å². The zero-order chi connectivity index (χ0) is 18.4. The maximum Gasteiger partial charge on any atom is 0.311 e. The van der Waals surface area contributed by atoms with Gasteiger partial charge in [-0.3, -0.25) is 4.79 Å². The molecule has 0 aliphatic rings. The molecule has 1 atom stereocenters. The summed E-state index contributed by atoms with van der Waals surface area (Å²) in [5, 5.41) is 5.50. The highest BCUT2D eigenvalue weighted by molar-refractivity contribution is 5.88. The minimum Gasteiger partial charge on any atom is -0.489 e. The number of esters is 1. The van der Waals surface area contributed by atoms with Gasteiger partial charge < -0.3 is 14.8 Å². The van der Waals surface area contributed by atoms with Crippen molar-refractivity contribution in [2.45, 2.75) is 46.8 Å². The number of hydrogen-bond acceptors (Lipinski definition) is 4. The Labute approximate surface area is 150 Å². The molecule has 136 valence electrons. The van der Waals surface area contributed by atoms with Crippen molar-refractivity contribution >= 4 is 16.7 Å². The second-order valence-electron chi connectivity index (χ2n) is 7.63. The monoisotopic (exact) mass is 343 g/mol. The number of carbonyl (C=O) groups is 1. The molecule has 2 rings (SSSR count). The van der Waals surface area contributed by atoms with E-state index in [0.29, 0.717) is 19.2 Å². The summed E-state index contributed by atoms with van der Waals surface area (Å²) < 4.78 is 11.7. The average Bonchev–Trinajstić information content (AvgIpc) is 2.56. The Morgan fingerprint density at radius 3 is 2.44 bits per heavy atom. The van der Waals surface area contributed by atoms with Gasteiger partial charge in [-0.1, -0.05) is 50.2 Å². The lowest BCUT2D eigenvalue weighted by molar-refractivity contribution is -0.159. The summed E-state index contributed by atoms with van der Waals surface area (Å²) >= 11 is 0. The van der Waals surface area contributed by atoms with Crippen LogP contribution in [0, 0.1) is 5.41 Å². The first kappa shape index (κ1) is 19.3. The van der Waals surface area contributed by atoms with E-state index in [0.717, 1.165) is 16.5 Å². The van der Waals surface area contributed by atoms with Crippen LogP contribution in [0.5, 0.6) is 5.75 Å². The summed E-state index contributed by atoms with van der Waals surface area (Å²) in [6.45, 7) is 10.6. The number of benzene rings is 2. The molecule has 0 saturated carbocycles. The van der Waals surface area contributed by atoms with E-state index >= 15 is 0 Å². The molecule has 1 N–H and O–H groups in total. The van der Waals surface area contributed by atoms with Crippen LogP contribution in [0.1, 0.15) is 34.6 Å². The zero-order valence-corrected chi connectivity index (χ0v) is 15.8. The van der Waals surface area contributed by atoms with Crippen LogP contribution in [-0.4, -0.2) is 31.3 Å². The van der Waals surface area contributed by atoms with E-state index in [9.17, 15) is 4.79 Å². The third-order valence-electron chi connectivity index (χ3n) is 3.81. The maximum absolute atomic E-state index is 12.2. The van der Waals surface area contributed by atoms with Crippen molar-refractivity contribution in [2.75, 3.05) is 13.2 Å². The van der Waals surface area contributed by atoms with Crippen molar-refractivity contribution in [3.05, 3.63) is 42.5 Å². The van der Waals surface area contributed by atoms with Gasteiger partial charge in [0, 0.05) is 18.0 Å². The van der Waals surface area contributed by atoms with Gasteiger partial charge in [0.05, 0.1) is 5.41 Å². The van der Waals surface area contributed by atoms with Crippen molar-refractivity contribution < 1.29 is 14.3 Å². The molecule has 0 saturated heterocycles. The van der Waals surface area contributed by atoms with E-state index in [2.05, 4.69) is 31.3 Å². The number of nitrogens with one attached hydrogen (secondary N) is 1. The first-order valence-corrected chi connectivity index (χ1v) is 8.82. The fourth-order valence-corrected chi connectivity index (χ4v) is 2.33. The van der Waals surface area contributed by atoms with Crippen molar-refractivity contribution in [3.63, 3.8) is 0 Å². The molecule has 25 heavy (non-hydrogen) atoms. The van der Waals surface area contributed by atoms with Crippen molar-refractivity contribution in [1.82, 2.24) is 5.32 Å². The molecule has 4 heteroatoms. The molecule has 0 aliphatic carbocycles. The predicted molar refractivity (Wildman–Crippen MR) is 102 cm³/mol. The van der Waals surface area contributed by atoms with E-state index in [1.54, 1.807) is 0 Å². The summed E-state index contributed by atoms with van der Waals surface area (Å²) in [6.07, 6.45) is -0.340. The molecule has 4 nitrogen and oxygen atoms in total. The minimum atomic E-state index is -0.532. The van der Waals surface area contributed by atoms with Gasteiger partial charge in [0.2, 0.25) is 0 Å². The van der Waals surface area contributed by atoms with Gasteiger partial charge in [-0.15, -0.1) is 0 Å². The number of ether oxygens (including phenoxy) is 2. The van der Waals surface area contributed by atoms with Crippen LogP contribution in [0.4, 0.5) is 0 Å². The summed E-state index contributed by atoms with van der Waals surface area (Å²) in [7, 11) is 0. The van der Waals surface area contributed by atoms with Crippen LogP contribution in [0.25, 0.3) is 10.8 Å². The second kappa shape index (κ2) is 8.34. The SMILES string of the molecule is CC(C)NC[C@@H](COc1cccc2ccccc12)OC(=O)C(C)(C)C. The largest absolute Gasteiger partial charge is 0.489 e. The Balaban J connectivity index is 2.08. The molecular formula is C21H29NO3. The van der Waals surface area contributed by atoms with Crippen LogP contribution in [-0.2, 0) is 9.53 Å². The minimum absolute atomic E-state index is 0.218. The zero-order valence-electron chi connectivity index (χ0n) is 15.8. The van der Waals surface area contributed by atoms with Gasteiger partial charge in [-0.2, -0.15) is 0 Å². The van der Waals surface area contributed by atoms with E-state index in [4.69, 9.17) is 9.47 Å². The van der Waals surface area contributed by atoms with E-state index in [1.165, 1.54) is 0 Å². The average molecular weight is 343 g/mol. The third kappa shape index (κ3) is 5.75. The van der Waals surface area contributed by atoms with Gasteiger partial charge in [-0.05, 0) is 32.2 Å². The third-order valence-corrected chi connectivity index (χ3v) is 3.81. The molecule has 0 bridgehead atoms. The topological polar surface area (TPSA) is 47.6 Å². The molecule has 0 heterocycles. The normalized spacial score (nSPS) is 13.0. The van der Waals surface area contributed by atoms with Gasteiger partial charge in [0.25, 0.3) is 0 Å². The first-order valence-electron chi connectivity index (χ1n) is 8.82. The lowest BCUT2D eigenvalue weighted by atomic mass is 9.97. The fraction of sp³-hybridized carbons (Fsp3) is 0.476. The maximum atomic E-state index is 12.2. The molecule has 0 fully saturated rings. The first-order chi connectivity index (χ1) is 11.8. The van der Waals surface area contributed by atoms with Gasteiger partial charge in [-0.25, -0.2) is 0 Å². The van der Waals surface area contributed by atoms with Crippen LogP contribution in [0.2, 0.25) is 0 Å². The standard InChI is InChI=1S/C21H29NO3/c1-15(2)22-13-17(25-20(23)21(3,4)5)14-24-19-12-8-10-16-9-6-7-11-18(16)19/h6-12,15,17,22H,13-14H2,1-5H3/t17-/m0/s1. The van der Waals surface area contributed by atoms with Crippen LogP contribution < -0.4 is 10.1 Å². The highest BCUT2D eigenvalue weighted by Crippen LogP contribution is 2.25. The predicted octanol–water partition coefficient (Wildman–Crippen LogP) is 4.17. The van der Waals surface area contributed by atoms with Crippen molar-refractivity contribution in [1.29, 1.82) is 0 Å². The molecule has 0 amide bonds. The Kier molecular flexibility index (Phi) is 6.43. The number of rotatable bonds is 7. The molecule has 0 spiro atoms. The van der Waals surface area contributed by atoms with E-state index in [1.807, 2.05) is 51.1 Å². The second-order valence-corrected chi connectivity index (χ2v) is 7.63. The summed E-state index contributed by atoms with van der Waals surface area (Å²) in [4.78, 5) is 12.2.